The fourth-order valence-corrected chi connectivity index (χ4v) is 0.587. The van der Waals surface area contributed by atoms with Crippen molar-refractivity contribution in [3.05, 3.63) is 0 Å². The van der Waals surface area contributed by atoms with E-state index in [2.05, 4.69) is 5.32 Å². The van der Waals surface area contributed by atoms with Crippen molar-refractivity contribution in [3.63, 3.8) is 0 Å². The predicted molar refractivity (Wildman–Crippen MR) is 49.1 cm³/mol. The van der Waals surface area contributed by atoms with Crippen molar-refractivity contribution in [2.24, 2.45) is 5.41 Å². The highest BCUT2D eigenvalue weighted by Gasteiger charge is 2.22. The van der Waals surface area contributed by atoms with Crippen LogP contribution in [-0.2, 0) is 14.3 Å². The average Bonchev–Trinajstić information content (AvgIpc) is 1.95. The summed E-state index contributed by atoms with van der Waals surface area (Å²) in [5, 5.41) is 2.54. The van der Waals surface area contributed by atoms with E-state index in [9.17, 15) is 9.59 Å². The zero-order chi connectivity index (χ0) is 10.5. The van der Waals surface area contributed by atoms with Gasteiger partial charge >= 0.3 is 5.97 Å². The molecule has 0 radical (unpaired) electrons. The van der Waals surface area contributed by atoms with Crippen molar-refractivity contribution >= 4 is 11.9 Å². The topological polar surface area (TPSA) is 55.4 Å². The third kappa shape index (κ3) is 6.13. The Bertz CT molecular complexity index is 194. The molecule has 76 valence electrons. The van der Waals surface area contributed by atoms with E-state index in [4.69, 9.17) is 4.74 Å². The molecule has 0 aromatic heterocycles. The quantitative estimate of drug-likeness (QED) is 0.523. The highest BCUT2D eigenvalue weighted by molar-refractivity contribution is 5.75. The summed E-state index contributed by atoms with van der Waals surface area (Å²) < 4.78 is 4.90. The molecular weight excluding hydrogens is 170 g/mol. The molecule has 13 heavy (non-hydrogen) atoms. The standard InChI is InChI=1S/C9H17NO3/c1-7(11)10-5-6-13-8(12)9(2,3)4/h5-6H2,1-4H3,(H,10,11). The molecule has 0 saturated carbocycles. The van der Waals surface area contributed by atoms with Gasteiger partial charge in [-0.2, -0.15) is 0 Å². The number of rotatable bonds is 3. The highest BCUT2D eigenvalue weighted by Crippen LogP contribution is 2.14. The number of nitrogens with one attached hydrogen (secondary N) is 1. The summed E-state index contributed by atoms with van der Waals surface area (Å²) in [5.41, 5.74) is -0.476. The van der Waals surface area contributed by atoms with Gasteiger partial charge in [-0.05, 0) is 20.8 Å². The minimum atomic E-state index is -0.476. The van der Waals surface area contributed by atoms with Crippen LogP contribution < -0.4 is 5.32 Å². The van der Waals surface area contributed by atoms with Crippen molar-refractivity contribution in [1.82, 2.24) is 5.32 Å². The summed E-state index contributed by atoms with van der Waals surface area (Å²) in [4.78, 5) is 21.6. The van der Waals surface area contributed by atoms with Crippen LogP contribution in [0.2, 0.25) is 0 Å². The third-order valence-electron chi connectivity index (χ3n) is 1.32. The largest absolute Gasteiger partial charge is 0.463 e. The molecule has 0 aliphatic carbocycles. The second-order valence-electron chi connectivity index (χ2n) is 3.87. The minimum absolute atomic E-state index is 0.119. The molecule has 0 unspecified atom stereocenters. The van der Waals surface area contributed by atoms with Crippen LogP contribution >= 0.6 is 0 Å². The molecule has 1 amide bonds. The molecule has 0 atom stereocenters. The maximum absolute atomic E-state index is 11.2. The lowest BCUT2D eigenvalue weighted by atomic mass is 9.97. The van der Waals surface area contributed by atoms with Gasteiger partial charge in [0.2, 0.25) is 5.91 Å². The van der Waals surface area contributed by atoms with E-state index >= 15 is 0 Å². The van der Waals surface area contributed by atoms with Gasteiger partial charge in [-0.25, -0.2) is 0 Å². The molecule has 0 saturated heterocycles. The van der Waals surface area contributed by atoms with Gasteiger partial charge in [0.15, 0.2) is 0 Å². The summed E-state index contributed by atoms with van der Waals surface area (Å²) >= 11 is 0. The molecule has 0 fully saturated rings. The first-order chi connectivity index (χ1) is 5.84. The molecule has 1 N–H and O–H groups in total. The number of carbonyl (C=O) groups excluding carboxylic acids is 2. The van der Waals surface area contributed by atoms with Gasteiger partial charge in [0.05, 0.1) is 12.0 Å². The van der Waals surface area contributed by atoms with Gasteiger partial charge in [-0.1, -0.05) is 0 Å². The Morgan fingerprint density at radius 3 is 2.23 bits per heavy atom. The van der Waals surface area contributed by atoms with E-state index in [1.807, 2.05) is 0 Å². The Kier molecular flexibility index (Phi) is 4.45. The van der Waals surface area contributed by atoms with Crippen LogP contribution in [-0.4, -0.2) is 25.0 Å². The van der Waals surface area contributed by atoms with Gasteiger partial charge in [0, 0.05) is 6.92 Å². The fraction of sp³-hybridized carbons (Fsp3) is 0.778. The van der Waals surface area contributed by atoms with Crippen LogP contribution in [0.1, 0.15) is 27.7 Å². The Hall–Kier alpha value is -1.06. The molecule has 4 nitrogen and oxygen atoms in total. The molecule has 0 heterocycles. The van der Waals surface area contributed by atoms with Crippen molar-refractivity contribution < 1.29 is 14.3 Å². The third-order valence-corrected chi connectivity index (χ3v) is 1.32. The van der Waals surface area contributed by atoms with Crippen LogP contribution in [0.15, 0.2) is 0 Å². The molecule has 0 bridgehead atoms. The minimum Gasteiger partial charge on any atom is -0.463 e. The summed E-state index contributed by atoms with van der Waals surface area (Å²) in [7, 11) is 0. The second kappa shape index (κ2) is 4.84. The van der Waals surface area contributed by atoms with Crippen LogP contribution in [0.4, 0.5) is 0 Å². The van der Waals surface area contributed by atoms with Crippen LogP contribution in [0.5, 0.6) is 0 Å². The predicted octanol–water partition coefficient (Wildman–Crippen LogP) is 0.712. The molecule has 4 heteroatoms. The van der Waals surface area contributed by atoms with Crippen molar-refractivity contribution in [2.75, 3.05) is 13.2 Å². The van der Waals surface area contributed by atoms with Gasteiger partial charge < -0.3 is 10.1 Å². The number of hydrogen-bond donors (Lipinski definition) is 1. The lowest BCUT2D eigenvalue weighted by molar-refractivity contribution is -0.153. The average molecular weight is 187 g/mol. The van der Waals surface area contributed by atoms with Crippen LogP contribution in [0, 0.1) is 5.41 Å². The fourth-order valence-electron chi connectivity index (χ4n) is 0.587. The number of ether oxygens (including phenoxy) is 1. The summed E-state index contributed by atoms with van der Waals surface area (Å²) in [5.74, 6) is -0.371. The van der Waals surface area contributed by atoms with Crippen molar-refractivity contribution in [1.29, 1.82) is 0 Å². The van der Waals surface area contributed by atoms with E-state index in [0.717, 1.165) is 0 Å². The van der Waals surface area contributed by atoms with E-state index in [0.29, 0.717) is 6.54 Å². The number of carbonyl (C=O) groups is 2. The maximum atomic E-state index is 11.2. The lowest BCUT2D eigenvalue weighted by Gasteiger charge is -2.16. The lowest BCUT2D eigenvalue weighted by Crippen LogP contribution is -2.29. The maximum Gasteiger partial charge on any atom is 0.311 e. The Balaban J connectivity index is 3.55. The van der Waals surface area contributed by atoms with Crippen molar-refractivity contribution in [3.8, 4) is 0 Å². The summed E-state index contributed by atoms with van der Waals surface area (Å²) in [6.07, 6.45) is 0. The van der Waals surface area contributed by atoms with Crippen LogP contribution in [0.25, 0.3) is 0 Å². The van der Waals surface area contributed by atoms with Gasteiger partial charge in [-0.15, -0.1) is 0 Å². The summed E-state index contributed by atoms with van der Waals surface area (Å²) in [6, 6.07) is 0. The monoisotopic (exact) mass is 187 g/mol. The molecule has 0 aromatic rings. The second-order valence-corrected chi connectivity index (χ2v) is 3.87. The van der Waals surface area contributed by atoms with E-state index in [-0.39, 0.29) is 18.5 Å². The molecule has 0 aliphatic rings. The number of esters is 1. The Labute approximate surface area is 78.6 Å². The zero-order valence-electron chi connectivity index (χ0n) is 8.64. The molecule has 0 rings (SSSR count). The summed E-state index contributed by atoms with van der Waals surface area (Å²) in [6.45, 7) is 7.38. The van der Waals surface area contributed by atoms with Gasteiger partial charge in [0.1, 0.15) is 6.61 Å². The Morgan fingerprint density at radius 1 is 1.31 bits per heavy atom. The smallest absolute Gasteiger partial charge is 0.311 e. The number of amides is 1. The van der Waals surface area contributed by atoms with Crippen LogP contribution in [0.3, 0.4) is 0 Å². The molecule has 0 spiro atoms. The van der Waals surface area contributed by atoms with E-state index in [1.165, 1.54) is 6.92 Å². The molecular formula is C9H17NO3. The molecule has 0 aromatic carbocycles. The Morgan fingerprint density at radius 2 is 1.85 bits per heavy atom. The first-order valence-electron chi connectivity index (χ1n) is 4.25. The van der Waals surface area contributed by atoms with E-state index < -0.39 is 5.41 Å². The normalized spacial score (nSPS) is 10.8. The highest BCUT2D eigenvalue weighted by atomic mass is 16.5. The first kappa shape index (κ1) is 11.9. The SMILES string of the molecule is CC(=O)NCCOC(=O)C(C)(C)C. The zero-order valence-corrected chi connectivity index (χ0v) is 8.64. The van der Waals surface area contributed by atoms with Gasteiger partial charge in [0.25, 0.3) is 0 Å². The van der Waals surface area contributed by atoms with E-state index in [1.54, 1.807) is 20.8 Å². The molecule has 0 aliphatic heterocycles. The van der Waals surface area contributed by atoms with Gasteiger partial charge in [-0.3, -0.25) is 9.59 Å². The first-order valence-corrected chi connectivity index (χ1v) is 4.25. The number of hydrogen-bond acceptors (Lipinski definition) is 3. The van der Waals surface area contributed by atoms with Crippen molar-refractivity contribution in [2.45, 2.75) is 27.7 Å².